The molecule has 3 N–H and O–H groups in total. The number of nitrogen functional groups attached to an aromatic ring is 1. The molecule has 0 saturated heterocycles. The maximum atomic E-state index is 6.09. The summed E-state index contributed by atoms with van der Waals surface area (Å²) >= 11 is 0. The molecule has 0 aliphatic heterocycles. The highest BCUT2D eigenvalue weighted by Crippen LogP contribution is 2.24. The van der Waals surface area contributed by atoms with E-state index in [1.807, 2.05) is 11.7 Å². The molecule has 92 valence electrons. The molecule has 16 heavy (non-hydrogen) atoms. The number of nitrogens with zero attached hydrogens (tertiary/aromatic N) is 2. The Morgan fingerprint density at radius 1 is 1.38 bits per heavy atom. The Morgan fingerprint density at radius 3 is 2.62 bits per heavy atom. The van der Waals surface area contributed by atoms with Crippen LogP contribution in [0.15, 0.2) is 0 Å². The molecule has 0 aromatic carbocycles. The van der Waals surface area contributed by atoms with E-state index in [1.54, 1.807) is 0 Å². The number of anilines is 2. The van der Waals surface area contributed by atoms with Crippen LogP contribution in [0.5, 0.6) is 0 Å². The summed E-state index contributed by atoms with van der Waals surface area (Å²) in [5.74, 6) is 0.962. The summed E-state index contributed by atoms with van der Waals surface area (Å²) in [6.45, 7) is 6.50. The lowest BCUT2D eigenvalue weighted by atomic mass is 10.2. The number of hydrogen-bond acceptors (Lipinski definition) is 3. The van der Waals surface area contributed by atoms with Crippen molar-refractivity contribution in [3.63, 3.8) is 0 Å². The van der Waals surface area contributed by atoms with Gasteiger partial charge >= 0.3 is 0 Å². The largest absolute Gasteiger partial charge is 0.394 e. The van der Waals surface area contributed by atoms with Gasteiger partial charge in [-0.1, -0.05) is 26.7 Å². The Kier molecular flexibility index (Phi) is 4.65. The molecule has 0 amide bonds. The van der Waals surface area contributed by atoms with Gasteiger partial charge in [-0.2, -0.15) is 5.10 Å². The van der Waals surface area contributed by atoms with Crippen molar-refractivity contribution in [3.05, 3.63) is 5.69 Å². The van der Waals surface area contributed by atoms with Gasteiger partial charge < -0.3 is 11.1 Å². The van der Waals surface area contributed by atoms with Crippen LogP contribution in [0.4, 0.5) is 11.5 Å². The van der Waals surface area contributed by atoms with Crippen molar-refractivity contribution in [2.75, 3.05) is 11.1 Å². The van der Waals surface area contributed by atoms with Crippen molar-refractivity contribution in [2.45, 2.75) is 52.5 Å². The summed E-state index contributed by atoms with van der Waals surface area (Å²) in [4.78, 5) is 0. The van der Waals surface area contributed by atoms with E-state index in [-0.39, 0.29) is 0 Å². The minimum atomic E-state index is 0.442. The molecule has 1 heterocycles. The fourth-order valence-electron chi connectivity index (χ4n) is 1.93. The molecular formula is C12H24N4. The predicted octanol–water partition coefficient (Wildman–Crippen LogP) is 2.56. The Labute approximate surface area is 98.2 Å². The lowest BCUT2D eigenvalue weighted by Gasteiger charge is -2.14. The number of hydrogen-bond donors (Lipinski definition) is 2. The van der Waals surface area contributed by atoms with Crippen molar-refractivity contribution in [1.82, 2.24) is 9.78 Å². The van der Waals surface area contributed by atoms with E-state index in [2.05, 4.69) is 31.2 Å². The van der Waals surface area contributed by atoms with Gasteiger partial charge in [-0.05, 0) is 19.8 Å². The van der Waals surface area contributed by atoms with Crippen molar-refractivity contribution < 1.29 is 0 Å². The number of rotatable bonds is 6. The highest BCUT2D eigenvalue weighted by atomic mass is 15.3. The highest BCUT2D eigenvalue weighted by molar-refractivity contribution is 5.65. The van der Waals surface area contributed by atoms with E-state index in [0.29, 0.717) is 6.04 Å². The topological polar surface area (TPSA) is 55.9 Å². The average molecular weight is 224 g/mol. The van der Waals surface area contributed by atoms with Gasteiger partial charge in [0.1, 0.15) is 5.82 Å². The second-order valence-corrected chi connectivity index (χ2v) is 4.42. The molecule has 1 aromatic rings. The van der Waals surface area contributed by atoms with Gasteiger partial charge in [-0.3, -0.25) is 4.68 Å². The minimum Gasteiger partial charge on any atom is -0.394 e. The van der Waals surface area contributed by atoms with Gasteiger partial charge in [0, 0.05) is 13.1 Å². The van der Waals surface area contributed by atoms with Gasteiger partial charge in [0.15, 0.2) is 0 Å². The number of nitrogens with one attached hydrogen (secondary N) is 1. The van der Waals surface area contributed by atoms with Crippen LogP contribution in [-0.2, 0) is 13.5 Å². The fourth-order valence-corrected chi connectivity index (χ4v) is 1.93. The van der Waals surface area contributed by atoms with E-state index in [1.165, 1.54) is 6.42 Å². The molecular weight excluding hydrogens is 200 g/mol. The Bertz CT molecular complexity index is 330. The van der Waals surface area contributed by atoms with Crippen molar-refractivity contribution >= 4 is 11.5 Å². The molecule has 1 rings (SSSR count). The molecule has 1 atom stereocenters. The summed E-state index contributed by atoms with van der Waals surface area (Å²) < 4.78 is 1.85. The fraction of sp³-hybridized carbons (Fsp3) is 0.750. The zero-order chi connectivity index (χ0) is 12.1. The molecule has 0 saturated carbocycles. The molecule has 1 unspecified atom stereocenters. The van der Waals surface area contributed by atoms with Crippen LogP contribution in [0, 0.1) is 0 Å². The van der Waals surface area contributed by atoms with E-state index in [9.17, 15) is 0 Å². The number of aromatic nitrogens is 2. The van der Waals surface area contributed by atoms with Crippen LogP contribution < -0.4 is 11.1 Å². The zero-order valence-corrected chi connectivity index (χ0v) is 10.9. The number of aryl methyl sites for hydroxylation is 2. The summed E-state index contributed by atoms with van der Waals surface area (Å²) in [6.07, 6.45) is 4.34. The molecule has 0 aliphatic rings. The third kappa shape index (κ3) is 2.90. The van der Waals surface area contributed by atoms with Gasteiger partial charge in [0.2, 0.25) is 0 Å². The summed E-state index contributed by atoms with van der Waals surface area (Å²) in [6, 6.07) is 0.442. The quantitative estimate of drug-likeness (QED) is 0.780. The monoisotopic (exact) mass is 224 g/mol. The molecule has 0 fully saturated rings. The van der Waals surface area contributed by atoms with Crippen LogP contribution >= 0.6 is 0 Å². The third-order valence-electron chi connectivity index (χ3n) is 2.75. The lowest BCUT2D eigenvalue weighted by molar-refractivity contribution is 0.668. The standard InChI is InChI=1S/C12H24N4/c1-5-7-9(3)14-12-11(13)10(8-6-2)15-16(12)4/h9,14H,5-8,13H2,1-4H3. The second-order valence-electron chi connectivity index (χ2n) is 4.42. The molecule has 4 heteroatoms. The van der Waals surface area contributed by atoms with Gasteiger partial charge in [0.05, 0.1) is 11.4 Å². The van der Waals surface area contributed by atoms with Crippen LogP contribution in [0.2, 0.25) is 0 Å². The molecule has 1 aromatic heterocycles. The first-order valence-corrected chi connectivity index (χ1v) is 6.18. The second kappa shape index (κ2) is 5.77. The molecule has 0 radical (unpaired) electrons. The Hall–Kier alpha value is -1.19. The van der Waals surface area contributed by atoms with Gasteiger partial charge in [-0.25, -0.2) is 0 Å². The van der Waals surface area contributed by atoms with E-state index in [4.69, 9.17) is 5.73 Å². The van der Waals surface area contributed by atoms with E-state index < -0.39 is 0 Å². The van der Waals surface area contributed by atoms with Crippen LogP contribution in [0.1, 0.15) is 45.7 Å². The van der Waals surface area contributed by atoms with Crippen molar-refractivity contribution in [3.8, 4) is 0 Å². The Balaban J connectivity index is 2.79. The third-order valence-corrected chi connectivity index (χ3v) is 2.75. The summed E-state index contributed by atoms with van der Waals surface area (Å²) in [7, 11) is 1.94. The highest BCUT2D eigenvalue weighted by Gasteiger charge is 2.13. The SMILES string of the molecule is CCCc1nn(C)c(NC(C)CCC)c1N. The summed E-state index contributed by atoms with van der Waals surface area (Å²) in [5, 5.41) is 7.88. The maximum Gasteiger partial charge on any atom is 0.147 e. The molecule has 0 aliphatic carbocycles. The minimum absolute atomic E-state index is 0.442. The van der Waals surface area contributed by atoms with Gasteiger partial charge in [-0.15, -0.1) is 0 Å². The van der Waals surface area contributed by atoms with Crippen LogP contribution in [0.3, 0.4) is 0 Å². The first-order chi connectivity index (χ1) is 7.60. The van der Waals surface area contributed by atoms with E-state index >= 15 is 0 Å². The molecule has 4 nitrogen and oxygen atoms in total. The Morgan fingerprint density at radius 2 is 2.06 bits per heavy atom. The van der Waals surface area contributed by atoms with Crippen LogP contribution in [0.25, 0.3) is 0 Å². The molecule has 0 bridgehead atoms. The summed E-state index contributed by atoms with van der Waals surface area (Å²) in [5.41, 5.74) is 7.91. The zero-order valence-electron chi connectivity index (χ0n) is 10.9. The van der Waals surface area contributed by atoms with Crippen molar-refractivity contribution in [2.24, 2.45) is 7.05 Å². The smallest absolute Gasteiger partial charge is 0.147 e. The van der Waals surface area contributed by atoms with Gasteiger partial charge in [0.25, 0.3) is 0 Å². The molecule has 0 spiro atoms. The first-order valence-electron chi connectivity index (χ1n) is 6.18. The maximum absolute atomic E-state index is 6.09. The lowest BCUT2D eigenvalue weighted by Crippen LogP contribution is -2.17. The number of nitrogens with two attached hydrogens (primary N) is 1. The average Bonchev–Trinajstić information content (AvgIpc) is 2.47. The van der Waals surface area contributed by atoms with Crippen molar-refractivity contribution in [1.29, 1.82) is 0 Å². The predicted molar refractivity (Wildman–Crippen MR) is 69.6 cm³/mol. The first kappa shape index (κ1) is 12.9. The van der Waals surface area contributed by atoms with E-state index in [0.717, 1.165) is 36.5 Å². The van der Waals surface area contributed by atoms with Crippen LogP contribution in [-0.4, -0.2) is 15.8 Å². The normalized spacial score (nSPS) is 12.8.